The number of alkyl halides is 2. The molecule has 0 saturated carbocycles. The molecule has 0 aliphatic heterocycles. The van der Waals surface area contributed by atoms with Crippen LogP contribution in [0.2, 0.25) is 0 Å². The number of para-hydroxylation sites is 1. The molecule has 0 aromatic heterocycles. The molecule has 0 bridgehead atoms. The van der Waals surface area contributed by atoms with Gasteiger partial charge in [-0.15, -0.1) is 0 Å². The summed E-state index contributed by atoms with van der Waals surface area (Å²) in [6, 6.07) is 11.3. The molecular formula is C18H19F2NO4. The largest absolute Gasteiger partial charge is 0.493 e. The third-order valence-electron chi connectivity index (χ3n) is 3.49. The van der Waals surface area contributed by atoms with Gasteiger partial charge in [-0.25, -0.2) is 0 Å². The SMILES string of the molecule is COc1ccc(CCNC(=O)c2ccccc2OC(F)F)cc1OC. The van der Waals surface area contributed by atoms with E-state index in [1.807, 2.05) is 12.1 Å². The molecule has 0 aliphatic carbocycles. The van der Waals surface area contributed by atoms with E-state index in [2.05, 4.69) is 10.1 Å². The van der Waals surface area contributed by atoms with Crippen LogP contribution in [0.5, 0.6) is 17.2 Å². The Morgan fingerprint density at radius 2 is 1.76 bits per heavy atom. The number of nitrogens with one attached hydrogen (secondary N) is 1. The van der Waals surface area contributed by atoms with E-state index >= 15 is 0 Å². The summed E-state index contributed by atoms with van der Waals surface area (Å²) in [5, 5.41) is 2.69. The normalized spacial score (nSPS) is 10.4. The first kappa shape index (κ1) is 18.5. The maximum Gasteiger partial charge on any atom is 0.387 e. The number of hydrogen-bond donors (Lipinski definition) is 1. The highest BCUT2D eigenvalue weighted by Crippen LogP contribution is 2.27. The van der Waals surface area contributed by atoms with E-state index in [0.717, 1.165) is 5.56 Å². The fourth-order valence-electron chi connectivity index (χ4n) is 2.30. The number of methoxy groups -OCH3 is 2. The zero-order valence-electron chi connectivity index (χ0n) is 13.9. The average Bonchev–Trinajstić information content (AvgIpc) is 2.61. The summed E-state index contributed by atoms with van der Waals surface area (Å²) in [6.07, 6.45) is 0.546. The van der Waals surface area contributed by atoms with Crippen molar-refractivity contribution in [3.63, 3.8) is 0 Å². The Bertz CT molecular complexity index is 722. The minimum Gasteiger partial charge on any atom is -0.493 e. The van der Waals surface area contributed by atoms with Gasteiger partial charge < -0.3 is 19.5 Å². The zero-order valence-corrected chi connectivity index (χ0v) is 13.9. The van der Waals surface area contributed by atoms with Gasteiger partial charge in [0.15, 0.2) is 11.5 Å². The maximum absolute atomic E-state index is 12.4. The quantitative estimate of drug-likeness (QED) is 0.793. The number of halogens is 2. The number of rotatable bonds is 8. The van der Waals surface area contributed by atoms with Crippen molar-refractivity contribution in [3.05, 3.63) is 53.6 Å². The van der Waals surface area contributed by atoms with E-state index in [1.165, 1.54) is 18.2 Å². The fourth-order valence-corrected chi connectivity index (χ4v) is 2.30. The third kappa shape index (κ3) is 5.07. The lowest BCUT2D eigenvalue weighted by molar-refractivity contribution is -0.0501. The minimum absolute atomic E-state index is 0.0649. The smallest absolute Gasteiger partial charge is 0.387 e. The second-order valence-electron chi connectivity index (χ2n) is 5.07. The molecule has 0 spiro atoms. The van der Waals surface area contributed by atoms with Gasteiger partial charge in [-0.3, -0.25) is 4.79 Å². The highest BCUT2D eigenvalue weighted by molar-refractivity contribution is 5.96. The molecule has 0 aliphatic rings. The second-order valence-corrected chi connectivity index (χ2v) is 5.07. The van der Waals surface area contributed by atoms with Crippen LogP contribution in [-0.2, 0) is 6.42 Å². The first-order chi connectivity index (χ1) is 12.0. The first-order valence-corrected chi connectivity index (χ1v) is 7.58. The highest BCUT2D eigenvalue weighted by Gasteiger charge is 2.15. The van der Waals surface area contributed by atoms with Crippen LogP contribution in [0.15, 0.2) is 42.5 Å². The van der Waals surface area contributed by atoms with E-state index in [-0.39, 0.29) is 11.3 Å². The number of benzene rings is 2. The molecule has 0 unspecified atom stereocenters. The van der Waals surface area contributed by atoms with Gasteiger partial charge in [0.1, 0.15) is 5.75 Å². The standard InChI is InChI=1S/C18H19F2NO4/c1-23-15-8-7-12(11-16(15)24-2)9-10-21-17(22)13-5-3-4-6-14(13)25-18(19)20/h3-8,11,18H,9-10H2,1-2H3,(H,21,22). The van der Waals surface area contributed by atoms with Crippen LogP contribution in [0, 0.1) is 0 Å². The summed E-state index contributed by atoms with van der Waals surface area (Å²) in [6.45, 7) is -2.65. The summed E-state index contributed by atoms with van der Waals surface area (Å²) in [5.41, 5.74) is 1.00. The molecule has 0 radical (unpaired) electrons. The van der Waals surface area contributed by atoms with Crippen LogP contribution in [0.1, 0.15) is 15.9 Å². The van der Waals surface area contributed by atoms with Gasteiger partial charge in [0.25, 0.3) is 5.91 Å². The van der Waals surface area contributed by atoms with Crippen molar-refractivity contribution in [2.75, 3.05) is 20.8 Å². The van der Waals surface area contributed by atoms with Gasteiger partial charge in [0.2, 0.25) is 0 Å². The molecular weight excluding hydrogens is 332 g/mol. The molecule has 5 nitrogen and oxygen atoms in total. The number of amides is 1. The molecule has 0 atom stereocenters. The molecule has 1 N–H and O–H groups in total. The number of hydrogen-bond acceptors (Lipinski definition) is 4. The molecule has 1 amide bonds. The second kappa shape index (κ2) is 8.86. The third-order valence-corrected chi connectivity index (χ3v) is 3.49. The van der Waals surface area contributed by atoms with Crippen LogP contribution < -0.4 is 19.5 Å². The highest BCUT2D eigenvalue weighted by atomic mass is 19.3. The Morgan fingerprint density at radius 3 is 2.44 bits per heavy atom. The Hall–Kier alpha value is -2.83. The summed E-state index contributed by atoms with van der Waals surface area (Å²) >= 11 is 0. The fraction of sp³-hybridized carbons (Fsp3) is 0.278. The van der Waals surface area contributed by atoms with Crippen molar-refractivity contribution < 1.29 is 27.8 Å². The van der Waals surface area contributed by atoms with Gasteiger partial charge >= 0.3 is 6.61 Å². The number of ether oxygens (including phenoxy) is 3. The van der Waals surface area contributed by atoms with Crippen molar-refractivity contribution in [2.45, 2.75) is 13.0 Å². The molecule has 0 fully saturated rings. The van der Waals surface area contributed by atoms with Crippen molar-refractivity contribution in [1.29, 1.82) is 0 Å². The van der Waals surface area contributed by atoms with E-state index in [1.54, 1.807) is 26.4 Å². The van der Waals surface area contributed by atoms with Crippen LogP contribution in [-0.4, -0.2) is 33.3 Å². The Kier molecular flexibility index (Phi) is 6.56. The van der Waals surface area contributed by atoms with Crippen LogP contribution in [0.4, 0.5) is 8.78 Å². The number of carbonyl (C=O) groups excluding carboxylic acids is 1. The summed E-state index contributed by atoms with van der Waals surface area (Å²) < 4.78 is 39.5. The van der Waals surface area contributed by atoms with Gasteiger partial charge in [0, 0.05) is 6.54 Å². The molecule has 25 heavy (non-hydrogen) atoms. The van der Waals surface area contributed by atoms with Crippen LogP contribution in [0.3, 0.4) is 0 Å². The predicted octanol–water partition coefficient (Wildman–Crippen LogP) is 3.28. The van der Waals surface area contributed by atoms with Crippen molar-refractivity contribution in [2.24, 2.45) is 0 Å². The van der Waals surface area contributed by atoms with E-state index in [9.17, 15) is 13.6 Å². The molecule has 2 aromatic carbocycles. The lowest BCUT2D eigenvalue weighted by atomic mass is 10.1. The van der Waals surface area contributed by atoms with E-state index in [0.29, 0.717) is 24.5 Å². The maximum atomic E-state index is 12.4. The first-order valence-electron chi connectivity index (χ1n) is 7.58. The van der Waals surface area contributed by atoms with Gasteiger partial charge in [0.05, 0.1) is 19.8 Å². The van der Waals surface area contributed by atoms with Crippen molar-refractivity contribution in [3.8, 4) is 17.2 Å². The van der Waals surface area contributed by atoms with Gasteiger partial charge in [-0.2, -0.15) is 8.78 Å². The summed E-state index contributed by atoms with van der Waals surface area (Å²) in [5.74, 6) is 0.591. The molecule has 7 heteroatoms. The Balaban J connectivity index is 1.97. The molecule has 2 rings (SSSR count). The lowest BCUT2D eigenvalue weighted by Gasteiger charge is -2.12. The van der Waals surface area contributed by atoms with E-state index < -0.39 is 12.5 Å². The molecule has 134 valence electrons. The van der Waals surface area contributed by atoms with Gasteiger partial charge in [-0.1, -0.05) is 18.2 Å². The van der Waals surface area contributed by atoms with Crippen LogP contribution in [0.25, 0.3) is 0 Å². The van der Waals surface area contributed by atoms with E-state index in [4.69, 9.17) is 9.47 Å². The molecule has 0 heterocycles. The number of carbonyl (C=O) groups is 1. The molecule has 0 saturated heterocycles. The zero-order chi connectivity index (χ0) is 18.2. The van der Waals surface area contributed by atoms with Crippen LogP contribution >= 0.6 is 0 Å². The Labute approximate surface area is 144 Å². The van der Waals surface area contributed by atoms with Gasteiger partial charge in [-0.05, 0) is 36.2 Å². The van der Waals surface area contributed by atoms with Crippen molar-refractivity contribution in [1.82, 2.24) is 5.32 Å². The molecule has 2 aromatic rings. The average molecular weight is 351 g/mol. The predicted molar refractivity (Wildman–Crippen MR) is 88.7 cm³/mol. The summed E-state index contributed by atoms with van der Waals surface area (Å²) in [7, 11) is 3.10. The lowest BCUT2D eigenvalue weighted by Crippen LogP contribution is -2.26. The summed E-state index contributed by atoms with van der Waals surface area (Å²) in [4.78, 5) is 12.2. The topological polar surface area (TPSA) is 56.8 Å². The Morgan fingerprint density at radius 1 is 1.04 bits per heavy atom. The van der Waals surface area contributed by atoms with Crippen molar-refractivity contribution >= 4 is 5.91 Å². The minimum atomic E-state index is -2.99. The monoisotopic (exact) mass is 351 g/mol.